The number of carbonyl (C=O) groups is 1. The van der Waals surface area contributed by atoms with Crippen LogP contribution >= 0.6 is 0 Å². The molecule has 12 unspecified atom stereocenters. The van der Waals surface area contributed by atoms with Crippen molar-refractivity contribution in [3.05, 3.63) is 60.8 Å². The average Bonchev–Trinajstić information content (AvgIpc) is 3.40. The Hall–Kier alpha value is -2.31. The molecule has 14 heteroatoms. The van der Waals surface area contributed by atoms with Crippen molar-refractivity contribution in [2.24, 2.45) is 0 Å². The lowest BCUT2D eigenvalue weighted by Crippen LogP contribution is -2.65. The minimum atomic E-state index is -1.78. The van der Waals surface area contributed by atoms with Crippen LogP contribution in [0.2, 0.25) is 0 Å². The van der Waals surface area contributed by atoms with Crippen molar-refractivity contribution in [2.45, 2.75) is 293 Å². The van der Waals surface area contributed by atoms with Gasteiger partial charge >= 0.3 is 0 Å². The van der Waals surface area contributed by atoms with Crippen LogP contribution in [0.15, 0.2) is 60.8 Å². The van der Waals surface area contributed by atoms with Crippen LogP contribution in [0.1, 0.15) is 219 Å². The molecule has 0 spiro atoms. The Morgan fingerprint density at radius 3 is 1.43 bits per heavy atom. The molecule has 0 aliphatic carbocycles. The lowest BCUT2D eigenvalue weighted by molar-refractivity contribution is -0.359. The molecule has 0 bridgehead atoms. The first-order chi connectivity index (χ1) is 36.1. The molecule has 12 atom stereocenters. The zero-order valence-corrected chi connectivity index (χ0v) is 46.1. The van der Waals surface area contributed by atoms with E-state index in [9.17, 15) is 45.6 Å². The van der Waals surface area contributed by atoms with Crippen LogP contribution in [-0.2, 0) is 23.7 Å². The first-order valence-corrected chi connectivity index (χ1v) is 29.5. The second kappa shape index (κ2) is 45.7. The molecule has 0 aromatic heterocycles. The van der Waals surface area contributed by atoms with Gasteiger partial charge in [0.1, 0.15) is 48.8 Å². The minimum Gasteiger partial charge on any atom is -0.394 e. The third-order valence-electron chi connectivity index (χ3n) is 14.2. The molecule has 2 rings (SSSR count). The van der Waals surface area contributed by atoms with Crippen LogP contribution in [0.5, 0.6) is 0 Å². The molecule has 14 nitrogen and oxygen atoms in total. The third kappa shape index (κ3) is 31.2. The molecule has 0 saturated carbocycles. The van der Waals surface area contributed by atoms with Gasteiger partial charge in [-0.2, -0.15) is 0 Å². The maximum atomic E-state index is 13.2. The predicted octanol–water partition coefficient (Wildman–Crippen LogP) is 9.78. The van der Waals surface area contributed by atoms with Crippen molar-refractivity contribution in [3.63, 3.8) is 0 Å². The van der Waals surface area contributed by atoms with Crippen LogP contribution < -0.4 is 5.32 Å². The van der Waals surface area contributed by atoms with Gasteiger partial charge in [0.25, 0.3) is 0 Å². The van der Waals surface area contributed by atoms with Crippen molar-refractivity contribution in [2.75, 3.05) is 19.8 Å². The van der Waals surface area contributed by atoms with Crippen molar-refractivity contribution >= 4 is 5.91 Å². The van der Waals surface area contributed by atoms with E-state index in [4.69, 9.17) is 18.9 Å². The Bertz CT molecular complexity index is 1470. The number of amides is 1. The summed E-state index contributed by atoms with van der Waals surface area (Å²) in [5.41, 5.74) is 0. The second-order valence-corrected chi connectivity index (χ2v) is 20.7. The van der Waals surface area contributed by atoms with E-state index in [2.05, 4.69) is 79.9 Å². The SMILES string of the molecule is CC/C=C\C/C=C\C/C=C\C/C=C\C/C=C\CCCCCCCCCCCCCCCCCCCC(=O)NC(COC1OC(CO)C(OC2OC(CO)C(O)C(O)C2O)C(O)C1O)C(O)CCCCCCCCC. The quantitative estimate of drug-likeness (QED) is 0.0205. The van der Waals surface area contributed by atoms with E-state index in [-0.39, 0.29) is 12.5 Å². The summed E-state index contributed by atoms with van der Waals surface area (Å²) in [6.45, 7) is 2.68. The van der Waals surface area contributed by atoms with Crippen molar-refractivity contribution in [3.8, 4) is 0 Å². The van der Waals surface area contributed by atoms with Crippen LogP contribution in [0.4, 0.5) is 0 Å². The highest BCUT2D eigenvalue weighted by atomic mass is 16.7. The maximum absolute atomic E-state index is 13.2. The van der Waals surface area contributed by atoms with Crippen LogP contribution in [0, 0.1) is 0 Å². The number of hydrogen-bond acceptors (Lipinski definition) is 13. The molecule has 0 radical (unpaired) electrons. The van der Waals surface area contributed by atoms with Gasteiger partial charge in [0.05, 0.1) is 32.0 Å². The van der Waals surface area contributed by atoms with Gasteiger partial charge in [-0.3, -0.25) is 4.79 Å². The standard InChI is InChI=1S/C60H107NO13/c1-3-5-7-9-11-12-13-14-15-16-17-18-19-20-21-22-23-24-25-26-27-28-29-30-31-32-33-34-35-36-38-40-42-44-52(65)61-48(49(64)43-41-39-37-10-8-6-4-2)47-71-59-57(70)55(68)58(51(46-63)73-59)74-60-56(69)54(67)53(66)50(45-62)72-60/h5,7,11-12,14-15,17-18,20-21,48-51,53-60,62-64,66-70H,3-4,6,8-10,13,16,19,22-47H2,1-2H3,(H,61,65)/b7-5-,12-11-,15-14-,18-17-,21-20-. The van der Waals surface area contributed by atoms with Gasteiger partial charge in [0.2, 0.25) is 5.91 Å². The fourth-order valence-corrected chi connectivity index (χ4v) is 9.50. The van der Waals surface area contributed by atoms with Gasteiger partial charge in [-0.05, 0) is 57.8 Å². The highest BCUT2D eigenvalue weighted by Gasteiger charge is 2.51. The number of carbonyl (C=O) groups excluding carboxylic acids is 1. The lowest BCUT2D eigenvalue weighted by atomic mass is 9.97. The molecule has 1 amide bonds. The fourth-order valence-electron chi connectivity index (χ4n) is 9.50. The Morgan fingerprint density at radius 2 is 0.932 bits per heavy atom. The molecular formula is C60H107NO13. The van der Waals surface area contributed by atoms with Gasteiger partial charge in [-0.15, -0.1) is 0 Å². The predicted molar refractivity (Wildman–Crippen MR) is 295 cm³/mol. The molecule has 430 valence electrons. The Balaban J connectivity index is 1.57. The lowest BCUT2D eigenvalue weighted by Gasteiger charge is -2.46. The van der Waals surface area contributed by atoms with Crippen molar-refractivity contribution in [1.29, 1.82) is 0 Å². The molecule has 2 aliphatic heterocycles. The number of aliphatic hydroxyl groups excluding tert-OH is 8. The summed E-state index contributed by atoms with van der Waals surface area (Å²) in [4.78, 5) is 13.2. The summed E-state index contributed by atoms with van der Waals surface area (Å²) in [5, 5.41) is 86.8. The number of nitrogens with one attached hydrogen (secondary N) is 1. The second-order valence-electron chi connectivity index (χ2n) is 20.7. The molecule has 2 aliphatic rings. The van der Waals surface area contributed by atoms with E-state index in [1.54, 1.807) is 0 Å². The van der Waals surface area contributed by atoms with E-state index in [1.165, 1.54) is 103 Å². The maximum Gasteiger partial charge on any atom is 0.220 e. The zero-order valence-electron chi connectivity index (χ0n) is 46.1. The molecule has 2 heterocycles. The number of rotatable bonds is 46. The number of aliphatic hydroxyl groups is 8. The normalized spacial score (nSPS) is 25.6. The monoisotopic (exact) mass is 1050 g/mol. The van der Waals surface area contributed by atoms with Gasteiger partial charge in [-0.1, -0.05) is 216 Å². The summed E-state index contributed by atoms with van der Waals surface area (Å²) in [7, 11) is 0. The van der Waals surface area contributed by atoms with E-state index < -0.39 is 86.8 Å². The number of ether oxygens (including phenoxy) is 4. The topological polar surface area (TPSA) is 228 Å². The summed E-state index contributed by atoms with van der Waals surface area (Å²) in [5.74, 6) is -0.211. The van der Waals surface area contributed by atoms with E-state index in [0.717, 1.165) is 89.9 Å². The number of hydrogen-bond donors (Lipinski definition) is 9. The molecule has 2 saturated heterocycles. The van der Waals surface area contributed by atoms with E-state index >= 15 is 0 Å². The Kier molecular flexibility index (Phi) is 41.9. The number of allylic oxidation sites excluding steroid dienone is 10. The van der Waals surface area contributed by atoms with E-state index in [1.807, 2.05) is 0 Å². The summed E-state index contributed by atoms with van der Waals surface area (Å²) in [6.07, 6.45) is 41.4. The average molecular weight is 1050 g/mol. The molecule has 9 N–H and O–H groups in total. The number of unbranched alkanes of at least 4 members (excludes halogenated alkanes) is 23. The Morgan fingerprint density at radius 1 is 0.500 bits per heavy atom. The molecular weight excluding hydrogens is 943 g/mol. The van der Waals surface area contributed by atoms with Gasteiger partial charge < -0.3 is 65.1 Å². The smallest absolute Gasteiger partial charge is 0.220 e. The molecule has 0 aromatic rings. The summed E-state index contributed by atoms with van der Waals surface area (Å²) in [6, 6.07) is -0.826. The van der Waals surface area contributed by atoms with E-state index in [0.29, 0.717) is 12.8 Å². The summed E-state index contributed by atoms with van der Waals surface area (Å²) < 4.78 is 22.7. The Labute approximate surface area is 447 Å². The van der Waals surface area contributed by atoms with Crippen molar-refractivity contribution in [1.82, 2.24) is 5.32 Å². The minimum absolute atomic E-state index is 0.211. The third-order valence-corrected chi connectivity index (χ3v) is 14.2. The van der Waals surface area contributed by atoms with Crippen molar-refractivity contribution < 1.29 is 64.6 Å². The van der Waals surface area contributed by atoms with Crippen LogP contribution in [0.25, 0.3) is 0 Å². The van der Waals surface area contributed by atoms with Gasteiger partial charge in [-0.25, -0.2) is 0 Å². The zero-order chi connectivity index (χ0) is 53.9. The van der Waals surface area contributed by atoms with Gasteiger partial charge in [0.15, 0.2) is 12.6 Å². The van der Waals surface area contributed by atoms with Gasteiger partial charge in [0, 0.05) is 6.42 Å². The molecule has 74 heavy (non-hydrogen) atoms. The highest BCUT2D eigenvalue weighted by Crippen LogP contribution is 2.30. The molecule has 2 fully saturated rings. The molecule has 0 aromatic carbocycles. The highest BCUT2D eigenvalue weighted by molar-refractivity contribution is 5.76. The largest absolute Gasteiger partial charge is 0.394 e. The fraction of sp³-hybridized carbons (Fsp3) is 0.817. The summed E-state index contributed by atoms with van der Waals surface area (Å²) >= 11 is 0. The van der Waals surface area contributed by atoms with Crippen LogP contribution in [-0.4, -0.2) is 140 Å². The first kappa shape index (κ1) is 67.8. The first-order valence-electron chi connectivity index (χ1n) is 29.5. The van der Waals surface area contributed by atoms with Crippen LogP contribution in [0.3, 0.4) is 0 Å².